The van der Waals surface area contributed by atoms with Crippen LogP contribution in [0.3, 0.4) is 0 Å². The Morgan fingerprint density at radius 3 is 2.33 bits per heavy atom. The molecule has 100 valence electrons. The van der Waals surface area contributed by atoms with Gasteiger partial charge in [0.05, 0.1) is 5.60 Å². The fourth-order valence-electron chi connectivity index (χ4n) is 1.39. The van der Waals surface area contributed by atoms with Crippen molar-refractivity contribution in [3.8, 4) is 5.75 Å². The molecule has 18 heavy (non-hydrogen) atoms. The van der Waals surface area contributed by atoms with Gasteiger partial charge in [0.2, 0.25) is 0 Å². The van der Waals surface area contributed by atoms with Crippen LogP contribution < -0.4 is 10.5 Å². The third-order valence-corrected chi connectivity index (χ3v) is 2.56. The first-order valence-corrected chi connectivity index (χ1v) is 5.55. The Labute approximate surface area is 106 Å². The molecule has 0 bridgehead atoms. The molecule has 0 unspecified atom stereocenters. The van der Waals surface area contributed by atoms with Gasteiger partial charge in [-0.2, -0.15) is 0 Å². The second-order valence-electron chi connectivity index (χ2n) is 5.18. The molecule has 5 heteroatoms. The molecule has 4 nitrogen and oxygen atoms in total. The number of carbonyl (C=O) groups excluding carboxylic acids is 1. The summed E-state index contributed by atoms with van der Waals surface area (Å²) in [6.45, 7) is 6.03. The minimum absolute atomic E-state index is 0.229. The molecule has 3 N–H and O–H groups in total. The second kappa shape index (κ2) is 4.57. The van der Waals surface area contributed by atoms with Crippen molar-refractivity contribution in [2.75, 3.05) is 0 Å². The van der Waals surface area contributed by atoms with Crippen LogP contribution >= 0.6 is 0 Å². The van der Waals surface area contributed by atoms with Gasteiger partial charge >= 0.3 is 0 Å². The van der Waals surface area contributed by atoms with E-state index in [0.717, 1.165) is 0 Å². The number of amides is 1. The molecule has 0 atom stereocenters. The lowest BCUT2D eigenvalue weighted by Crippen LogP contribution is -2.43. The Kier molecular flexibility index (Phi) is 3.67. The highest BCUT2D eigenvalue weighted by molar-refractivity contribution is 5.82. The fraction of sp³-hybridized carbons (Fsp3) is 0.462. The Bertz CT molecular complexity index is 464. The SMILES string of the molecule is CC(C)(Oc1ccc(F)cc1C(C)(C)O)C(N)=O. The van der Waals surface area contributed by atoms with E-state index in [0.29, 0.717) is 0 Å². The van der Waals surface area contributed by atoms with Gasteiger partial charge in [-0.15, -0.1) is 0 Å². The molecule has 1 rings (SSSR count). The highest BCUT2D eigenvalue weighted by Crippen LogP contribution is 2.32. The first-order chi connectivity index (χ1) is 8.04. The van der Waals surface area contributed by atoms with Crippen LogP contribution in [-0.2, 0) is 10.4 Å². The summed E-state index contributed by atoms with van der Waals surface area (Å²) in [4.78, 5) is 11.2. The van der Waals surface area contributed by atoms with E-state index >= 15 is 0 Å². The van der Waals surface area contributed by atoms with Crippen LogP contribution in [0.1, 0.15) is 33.3 Å². The van der Waals surface area contributed by atoms with Crippen molar-refractivity contribution in [3.05, 3.63) is 29.6 Å². The topological polar surface area (TPSA) is 72.6 Å². The van der Waals surface area contributed by atoms with Crippen LogP contribution in [0.4, 0.5) is 4.39 Å². The summed E-state index contributed by atoms with van der Waals surface area (Å²) in [5, 5.41) is 9.97. The van der Waals surface area contributed by atoms with Gasteiger partial charge in [-0.3, -0.25) is 4.79 Å². The van der Waals surface area contributed by atoms with E-state index in [-0.39, 0.29) is 11.3 Å². The molecule has 0 heterocycles. The van der Waals surface area contributed by atoms with Gasteiger partial charge in [-0.25, -0.2) is 4.39 Å². The zero-order valence-electron chi connectivity index (χ0n) is 11.0. The van der Waals surface area contributed by atoms with E-state index in [1.807, 2.05) is 0 Å². The lowest BCUT2D eigenvalue weighted by molar-refractivity contribution is -0.130. The minimum Gasteiger partial charge on any atom is -0.478 e. The molecule has 1 aromatic rings. The van der Waals surface area contributed by atoms with Crippen molar-refractivity contribution < 1.29 is 19.0 Å². The summed E-state index contributed by atoms with van der Waals surface area (Å²) in [6, 6.07) is 3.74. The average Bonchev–Trinajstić information content (AvgIpc) is 2.18. The normalized spacial score (nSPS) is 12.3. The maximum Gasteiger partial charge on any atom is 0.261 e. The number of benzene rings is 1. The number of ether oxygens (including phenoxy) is 1. The van der Waals surface area contributed by atoms with E-state index in [9.17, 15) is 14.3 Å². The van der Waals surface area contributed by atoms with Crippen molar-refractivity contribution in [2.24, 2.45) is 5.73 Å². The smallest absolute Gasteiger partial charge is 0.261 e. The molecule has 0 saturated heterocycles. The number of rotatable bonds is 4. The highest BCUT2D eigenvalue weighted by Gasteiger charge is 2.30. The Balaban J connectivity index is 3.22. The van der Waals surface area contributed by atoms with Crippen LogP contribution in [0.2, 0.25) is 0 Å². The zero-order valence-corrected chi connectivity index (χ0v) is 11.0. The number of hydrogen-bond acceptors (Lipinski definition) is 3. The fourth-order valence-corrected chi connectivity index (χ4v) is 1.39. The molecular weight excluding hydrogens is 237 g/mol. The molecule has 0 saturated carbocycles. The van der Waals surface area contributed by atoms with Gasteiger partial charge in [0, 0.05) is 5.56 Å². The summed E-state index contributed by atoms with van der Waals surface area (Å²) in [6.07, 6.45) is 0. The molecule has 0 radical (unpaired) electrons. The predicted molar refractivity (Wildman–Crippen MR) is 65.5 cm³/mol. The largest absolute Gasteiger partial charge is 0.478 e. The molecule has 0 aromatic heterocycles. The summed E-state index contributed by atoms with van der Waals surface area (Å²) < 4.78 is 18.7. The molecule has 1 amide bonds. The monoisotopic (exact) mass is 255 g/mol. The predicted octanol–water partition coefficient (Wildman–Crippen LogP) is 1.70. The minimum atomic E-state index is -1.29. The Morgan fingerprint density at radius 1 is 1.33 bits per heavy atom. The van der Waals surface area contributed by atoms with E-state index in [1.165, 1.54) is 45.9 Å². The maximum absolute atomic E-state index is 13.2. The Morgan fingerprint density at radius 2 is 1.89 bits per heavy atom. The van der Waals surface area contributed by atoms with E-state index in [2.05, 4.69) is 0 Å². The molecule has 0 aliphatic rings. The van der Waals surface area contributed by atoms with Gasteiger partial charge in [-0.1, -0.05) is 0 Å². The molecule has 0 fully saturated rings. The summed E-state index contributed by atoms with van der Waals surface area (Å²) in [5.41, 5.74) is 2.94. The van der Waals surface area contributed by atoms with Crippen molar-refractivity contribution in [1.82, 2.24) is 0 Å². The van der Waals surface area contributed by atoms with Crippen molar-refractivity contribution in [2.45, 2.75) is 38.9 Å². The molecule has 0 spiro atoms. The van der Waals surface area contributed by atoms with Gasteiger partial charge in [0.15, 0.2) is 5.60 Å². The number of carbonyl (C=O) groups is 1. The molecular formula is C13H18FNO3. The molecule has 1 aromatic carbocycles. The van der Waals surface area contributed by atoms with Crippen LogP contribution in [0.25, 0.3) is 0 Å². The van der Waals surface area contributed by atoms with Crippen LogP contribution in [0, 0.1) is 5.82 Å². The Hall–Kier alpha value is -1.62. The first-order valence-electron chi connectivity index (χ1n) is 5.55. The van der Waals surface area contributed by atoms with Gasteiger partial charge < -0.3 is 15.6 Å². The zero-order chi connectivity index (χ0) is 14.1. The third-order valence-electron chi connectivity index (χ3n) is 2.56. The third kappa shape index (κ3) is 3.20. The summed E-state index contributed by atoms with van der Waals surface area (Å²) in [5.74, 6) is -0.905. The average molecular weight is 255 g/mol. The lowest BCUT2D eigenvalue weighted by Gasteiger charge is -2.27. The van der Waals surface area contributed by atoms with Crippen LogP contribution in [0.15, 0.2) is 18.2 Å². The van der Waals surface area contributed by atoms with E-state index in [1.54, 1.807) is 0 Å². The number of nitrogens with two attached hydrogens (primary N) is 1. The number of primary amides is 1. The van der Waals surface area contributed by atoms with E-state index < -0.39 is 22.9 Å². The standard InChI is InChI=1S/C13H18FNO3/c1-12(2,17)9-7-8(14)5-6-10(9)18-13(3,4)11(15)16/h5-7,17H,1-4H3,(H2,15,16). The quantitative estimate of drug-likeness (QED) is 0.860. The molecule has 0 aliphatic carbocycles. The second-order valence-corrected chi connectivity index (χ2v) is 5.18. The molecule has 0 aliphatic heterocycles. The summed E-state index contributed by atoms with van der Waals surface area (Å²) in [7, 11) is 0. The van der Waals surface area contributed by atoms with Crippen LogP contribution in [-0.4, -0.2) is 16.6 Å². The number of halogens is 1. The van der Waals surface area contributed by atoms with Gasteiger partial charge in [0.1, 0.15) is 11.6 Å². The number of hydrogen-bond donors (Lipinski definition) is 2. The maximum atomic E-state index is 13.2. The van der Waals surface area contributed by atoms with Crippen molar-refractivity contribution >= 4 is 5.91 Å². The van der Waals surface area contributed by atoms with E-state index in [4.69, 9.17) is 10.5 Å². The summed E-state index contributed by atoms with van der Waals surface area (Å²) >= 11 is 0. The van der Waals surface area contributed by atoms with Gasteiger partial charge in [0.25, 0.3) is 5.91 Å². The van der Waals surface area contributed by atoms with Crippen molar-refractivity contribution in [3.63, 3.8) is 0 Å². The first kappa shape index (κ1) is 14.4. The van der Waals surface area contributed by atoms with Crippen LogP contribution in [0.5, 0.6) is 5.75 Å². The number of aliphatic hydroxyl groups is 1. The highest BCUT2D eigenvalue weighted by atomic mass is 19.1. The van der Waals surface area contributed by atoms with Gasteiger partial charge in [-0.05, 0) is 45.9 Å². The van der Waals surface area contributed by atoms with Crippen molar-refractivity contribution in [1.29, 1.82) is 0 Å². The lowest BCUT2D eigenvalue weighted by atomic mass is 9.97.